The summed E-state index contributed by atoms with van der Waals surface area (Å²) in [6.45, 7) is 2.47. The minimum atomic E-state index is -0.704. The summed E-state index contributed by atoms with van der Waals surface area (Å²) < 4.78 is 5.36. The van der Waals surface area contributed by atoms with E-state index in [1.54, 1.807) is 18.5 Å². The number of aromatic nitrogens is 1. The summed E-state index contributed by atoms with van der Waals surface area (Å²) in [5.41, 5.74) is 6.10. The Morgan fingerprint density at radius 1 is 1.39 bits per heavy atom. The first-order valence-electron chi connectivity index (χ1n) is 6.57. The van der Waals surface area contributed by atoms with Crippen molar-refractivity contribution < 1.29 is 9.53 Å². The Bertz CT molecular complexity index is 426. The molecule has 0 spiro atoms. The number of Topliss-reactive ketones (excluding diaryl/α,β-unsaturated/α-hetero) is 1. The zero-order chi connectivity index (χ0) is 13.0. The molecule has 0 amide bonds. The molecule has 4 nitrogen and oxygen atoms in total. The van der Waals surface area contributed by atoms with E-state index in [2.05, 4.69) is 4.98 Å². The van der Waals surface area contributed by atoms with Gasteiger partial charge in [-0.15, -0.1) is 0 Å². The van der Waals surface area contributed by atoms with Crippen LogP contribution in [0.3, 0.4) is 0 Å². The van der Waals surface area contributed by atoms with Crippen LogP contribution >= 0.6 is 0 Å². The van der Waals surface area contributed by atoms with Crippen molar-refractivity contribution in [3.05, 3.63) is 24.0 Å². The zero-order valence-electron chi connectivity index (χ0n) is 10.8. The summed E-state index contributed by atoms with van der Waals surface area (Å²) in [4.78, 5) is 16.5. The maximum atomic E-state index is 12.5. The second-order valence-corrected chi connectivity index (χ2v) is 4.89. The van der Waals surface area contributed by atoms with E-state index >= 15 is 0 Å². The van der Waals surface area contributed by atoms with Crippen molar-refractivity contribution in [3.8, 4) is 5.75 Å². The Balaban J connectivity index is 2.19. The number of hydrogen-bond acceptors (Lipinski definition) is 4. The van der Waals surface area contributed by atoms with Crippen LogP contribution in [0.15, 0.2) is 18.5 Å². The molecule has 1 aromatic heterocycles. The molecule has 2 N–H and O–H groups in total. The first-order chi connectivity index (χ1) is 8.65. The summed E-state index contributed by atoms with van der Waals surface area (Å²) in [5.74, 6) is 0.624. The number of carbonyl (C=O) groups is 1. The minimum absolute atomic E-state index is 0.00347. The third-order valence-corrected chi connectivity index (χ3v) is 3.48. The van der Waals surface area contributed by atoms with Gasteiger partial charge >= 0.3 is 0 Å². The lowest BCUT2D eigenvalue weighted by molar-refractivity contribution is 0.0847. The summed E-state index contributed by atoms with van der Waals surface area (Å²) in [5, 5.41) is 0. The molecular formula is C14H20N2O2. The van der Waals surface area contributed by atoms with Crippen molar-refractivity contribution >= 4 is 5.78 Å². The van der Waals surface area contributed by atoms with E-state index in [4.69, 9.17) is 10.5 Å². The summed E-state index contributed by atoms with van der Waals surface area (Å²) in [6.07, 6.45) is 7.96. The molecule has 0 aliphatic heterocycles. The van der Waals surface area contributed by atoms with E-state index in [1.807, 2.05) is 6.92 Å². The van der Waals surface area contributed by atoms with E-state index in [-0.39, 0.29) is 5.78 Å². The number of ether oxygens (including phenoxy) is 1. The standard InChI is InChI=1S/C14H20N2O2/c1-2-18-12-8-11(9-16-10-12)13(17)14(15)6-4-3-5-7-14/h8-10H,2-7,15H2,1H3. The van der Waals surface area contributed by atoms with Gasteiger partial charge in [-0.25, -0.2) is 0 Å². The van der Waals surface area contributed by atoms with Gasteiger partial charge in [-0.2, -0.15) is 0 Å². The molecule has 1 fully saturated rings. The predicted molar refractivity (Wildman–Crippen MR) is 69.7 cm³/mol. The monoisotopic (exact) mass is 248 g/mol. The lowest BCUT2D eigenvalue weighted by atomic mass is 9.77. The van der Waals surface area contributed by atoms with Crippen molar-refractivity contribution in [2.24, 2.45) is 5.73 Å². The molecule has 4 heteroatoms. The quantitative estimate of drug-likeness (QED) is 0.830. The van der Waals surface area contributed by atoms with Gasteiger partial charge in [0.1, 0.15) is 5.75 Å². The SMILES string of the molecule is CCOc1cncc(C(=O)C2(N)CCCCC2)c1. The Morgan fingerprint density at radius 3 is 2.78 bits per heavy atom. The lowest BCUT2D eigenvalue weighted by Crippen LogP contribution is -2.49. The van der Waals surface area contributed by atoms with Gasteiger partial charge in [0.25, 0.3) is 0 Å². The number of pyridine rings is 1. The van der Waals surface area contributed by atoms with Crippen LogP contribution in [-0.2, 0) is 0 Å². The molecule has 1 saturated carbocycles. The molecule has 1 aromatic rings. The van der Waals surface area contributed by atoms with E-state index < -0.39 is 5.54 Å². The van der Waals surface area contributed by atoms with Gasteiger partial charge in [-0.3, -0.25) is 9.78 Å². The zero-order valence-corrected chi connectivity index (χ0v) is 10.8. The van der Waals surface area contributed by atoms with Crippen LogP contribution in [0.4, 0.5) is 0 Å². The minimum Gasteiger partial charge on any atom is -0.492 e. The first-order valence-corrected chi connectivity index (χ1v) is 6.57. The number of nitrogens with zero attached hydrogens (tertiary/aromatic N) is 1. The van der Waals surface area contributed by atoms with E-state index in [0.29, 0.717) is 17.9 Å². The molecular weight excluding hydrogens is 228 g/mol. The maximum absolute atomic E-state index is 12.5. The van der Waals surface area contributed by atoms with Gasteiger partial charge in [0.2, 0.25) is 0 Å². The largest absolute Gasteiger partial charge is 0.492 e. The van der Waals surface area contributed by atoms with E-state index in [9.17, 15) is 4.79 Å². The highest BCUT2D eigenvalue weighted by Crippen LogP contribution is 2.29. The molecule has 0 bridgehead atoms. The van der Waals surface area contributed by atoms with Crippen LogP contribution in [0.2, 0.25) is 0 Å². The molecule has 1 aliphatic rings. The summed E-state index contributed by atoms with van der Waals surface area (Å²) >= 11 is 0. The molecule has 98 valence electrons. The van der Waals surface area contributed by atoms with Crippen LogP contribution in [0.5, 0.6) is 5.75 Å². The van der Waals surface area contributed by atoms with Crippen molar-refractivity contribution in [2.45, 2.75) is 44.6 Å². The van der Waals surface area contributed by atoms with Crippen LogP contribution in [-0.4, -0.2) is 22.9 Å². The van der Waals surface area contributed by atoms with Gasteiger partial charge in [-0.05, 0) is 25.8 Å². The normalized spacial score (nSPS) is 18.3. The topological polar surface area (TPSA) is 65.2 Å². The Hall–Kier alpha value is -1.42. The maximum Gasteiger partial charge on any atom is 0.184 e. The molecule has 2 rings (SSSR count). The van der Waals surface area contributed by atoms with Crippen LogP contribution in [0.1, 0.15) is 49.4 Å². The van der Waals surface area contributed by atoms with Gasteiger partial charge in [0.05, 0.1) is 18.3 Å². The average molecular weight is 248 g/mol. The highest BCUT2D eigenvalue weighted by Gasteiger charge is 2.35. The van der Waals surface area contributed by atoms with Gasteiger partial charge in [-0.1, -0.05) is 19.3 Å². The third-order valence-electron chi connectivity index (χ3n) is 3.48. The van der Waals surface area contributed by atoms with Crippen LogP contribution < -0.4 is 10.5 Å². The third kappa shape index (κ3) is 2.70. The molecule has 1 aliphatic carbocycles. The summed E-state index contributed by atoms with van der Waals surface area (Å²) in [6, 6.07) is 1.74. The number of carbonyl (C=O) groups excluding carboxylic acids is 1. The van der Waals surface area contributed by atoms with Crippen molar-refractivity contribution in [1.82, 2.24) is 4.98 Å². The predicted octanol–water partition coefficient (Wildman–Crippen LogP) is 2.32. The van der Waals surface area contributed by atoms with Gasteiger partial charge in [0.15, 0.2) is 5.78 Å². The summed E-state index contributed by atoms with van der Waals surface area (Å²) in [7, 11) is 0. The van der Waals surface area contributed by atoms with Crippen molar-refractivity contribution in [2.75, 3.05) is 6.61 Å². The first kappa shape index (κ1) is 13.0. The molecule has 0 atom stereocenters. The molecule has 18 heavy (non-hydrogen) atoms. The van der Waals surface area contributed by atoms with Crippen molar-refractivity contribution in [3.63, 3.8) is 0 Å². The number of nitrogens with two attached hydrogens (primary N) is 1. The molecule has 0 unspecified atom stereocenters. The number of ketones is 1. The number of hydrogen-bond donors (Lipinski definition) is 1. The average Bonchev–Trinajstić information content (AvgIpc) is 2.39. The Morgan fingerprint density at radius 2 is 2.11 bits per heavy atom. The smallest absolute Gasteiger partial charge is 0.184 e. The molecule has 0 aromatic carbocycles. The molecule has 0 radical (unpaired) electrons. The van der Waals surface area contributed by atoms with Crippen LogP contribution in [0, 0.1) is 0 Å². The molecule has 1 heterocycles. The van der Waals surface area contributed by atoms with Crippen LogP contribution in [0.25, 0.3) is 0 Å². The fraction of sp³-hybridized carbons (Fsp3) is 0.571. The molecule has 0 saturated heterocycles. The number of rotatable bonds is 4. The van der Waals surface area contributed by atoms with Gasteiger partial charge in [0, 0.05) is 11.8 Å². The van der Waals surface area contributed by atoms with E-state index in [0.717, 1.165) is 25.7 Å². The van der Waals surface area contributed by atoms with Gasteiger partial charge < -0.3 is 10.5 Å². The second-order valence-electron chi connectivity index (χ2n) is 4.89. The fourth-order valence-corrected chi connectivity index (χ4v) is 2.49. The fourth-order valence-electron chi connectivity index (χ4n) is 2.49. The highest BCUT2D eigenvalue weighted by atomic mass is 16.5. The lowest BCUT2D eigenvalue weighted by Gasteiger charge is -2.31. The van der Waals surface area contributed by atoms with E-state index in [1.165, 1.54) is 6.42 Å². The van der Waals surface area contributed by atoms with Crippen molar-refractivity contribution in [1.29, 1.82) is 0 Å². The highest BCUT2D eigenvalue weighted by molar-refractivity contribution is 6.03. The Kier molecular flexibility index (Phi) is 3.97. The second kappa shape index (κ2) is 5.48. The Labute approximate surface area is 108 Å².